The Kier molecular flexibility index (Phi) is 6.63. The number of carbonyl (C=O) groups excluding carboxylic acids is 1. The van der Waals surface area contributed by atoms with Gasteiger partial charge in [-0.3, -0.25) is 9.59 Å². The number of carbonyl (C=O) groups is 1. The van der Waals surface area contributed by atoms with Crippen LogP contribution in [0.25, 0.3) is 0 Å². The van der Waals surface area contributed by atoms with Crippen LogP contribution in [0.1, 0.15) is 25.1 Å². The van der Waals surface area contributed by atoms with E-state index in [4.69, 9.17) is 0 Å². The van der Waals surface area contributed by atoms with Crippen molar-refractivity contribution in [3.63, 3.8) is 0 Å². The summed E-state index contributed by atoms with van der Waals surface area (Å²) >= 11 is 0.716. The van der Waals surface area contributed by atoms with E-state index in [9.17, 15) is 27.2 Å². The van der Waals surface area contributed by atoms with Crippen molar-refractivity contribution in [1.29, 1.82) is 0 Å². The van der Waals surface area contributed by atoms with E-state index in [1.807, 2.05) is 0 Å². The first-order valence-corrected chi connectivity index (χ1v) is 8.82. The summed E-state index contributed by atoms with van der Waals surface area (Å²) in [5, 5.41) is 1.42. The molecule has 0 spiro atoms. The minimum absolute atomic E-state index is 0.0676. The van der Waals surface area contributed by atoms with Crippen molar-refractivity contribution in [3.8, 4) is 0 Å². The van der Waals surface area contributed by atoms with Gasteiger partial charge in [0.05, 0.1) is 5.25 Å². The van der Waals surface area contributed by atoms with Crippen LogP contribution < -0.4 is 10.9 Å². The zero-order chi connectivity index (χ0) is 20.2. The molecule has 0 aliphatic heterocycles. The molecular formula is C17H17F4N3O2S. The van der Waals surface area contributed by atoms with Crippen LogP contribution in [0.15, 0.2) is 40.3 Å². The van der Waals surface area contributed by atoms with Crippen LogP contribution in [0.2, 0.25) is 0 Å². The number of aromatic amines is 1. The number of hydrogen-bond acceptors (Lipinski definition) is 4. The number of alkyl halides is 3. The average molecular weight is 403 g/mol. The van der Waals surface area contributed by atoms with Crippen molar-refractivity contribution in [2.75, 3.05) is 0 Å². The number of hydrogen-bond donors (Lipinski definition) is 2. The fourth-order valence-electron chi connectivity index (χ4n) is 2.17. The van der Waals surface area contributed by atoms with Crippen LogP contribution in [-0.4, -0.2) is 21.1 Å². The van der Waals surface area contributed by atoms with Crippen LogP contribution in [-0.2, 0) is 17.5 Å². The lowest BCUT2D eigenvalue weighted by Gasteiger charge is -2.19. The third kappa shape index (κ3) is 5.81. The van der Waals surface area contributed by atoms with Crippen molar-refractivity contribution in [3.05, 3.63) is 57.8 Å². The maximum absolute atomic E-state index is 13.6. The van der Waals surface area contributed by atoms with Crippen molar-refractivity contribution in [2.45, 2.75) is 37.0 Å². The molecule has 1 unspecified atom stereocenters. The third-order valence-corrected chi connectivity index (χ3v) is 4.95. The Bertz CT molecular complexity index is 868. The molecular weight excluding hydrogens is 386 g/mol. The lowest BCUT2D eigenvalue weighted by molar-refractivity contribution is -0.141. The zero-order valence-electron chi connectivity index (χ0n) is 14.4. The second kappa shape index (κ2) is 8.55. The van der Waals surface area contributed by atoms with E-state index in [1.165, 1.54) is 18.2 Å². The summed E-state index contributed by atoms with van der Waals surface area (Å²) in [5.74, 6) is -1.26. The second-order valence-corrected chi connectivity index (χ2v) is 7.16. The van der Waals surface area contributed by atoms with Crippen LogP contribution in [0, 0.1) is 11.7 Å². The molecule has 146 valence electrons. The molecule has 2 N–H and O–H groups in total. The van der Waals surface area contributed by atoms with Gasteiger partial charge in [-0.1, -0.05) is 43.8 Å². The van der Waals surface area contributed by atoms with Crippen molar-refractivity contribution >= 4 is 17.7 Å². The highest BCUT2D eigenvalue weighted by atomic mass is 32.2. The van der Waals surface area contributed by atoms with Crippen molar-refractivity contribution < 1.29 is 22.4 Å². The smallest absolute Gasteiger partial charge is 0.351 e. The number of amides is 1. The number of aromatic nitrogens is 2. The van der Waals surface area contributed by atoms with Crippen molar-refractivity contribution in [1.82, 2.24) is 15.3 Å². The van der Waals surface area contributed by atoms with Gasteiger partial charge in [0.1, 0.15) is 5.82 Å². The van der Waals surface area contributed by atoms with Gasteiger partial charge >= 0.3 is 6.18 Å². The number of halogens is 4. The molecule has 1 heterocycles. The Balaban J connectivity index is 2.16. The molecule has 27 heavy (non-hydrogen) atoms. The second-order valence-electron chi connectivity index (χ2n) is 6.03. The molecule has 0 aliphatic rings. The molecule has 0 aliphatic carbocycles. The van der Waals surface area contributed by atoms with E-state index in [1.54, 1.807) is 19.9 Å². The quantitative estimate of drug-likeness (QED) is 0.441. The molecule has 2 rings (SSSR count). The zero-order valence-corrected chi connectivity index (χ0v) is 15.2. The number of nitrogens with one attached hydrogen (secondary N) is 2. The van der Waals surface area contributed by atoms with Gasteiger partial charge in [0.25, 0.3) is 5.56 Å². The predicted octanol–water partition coefficient (Wildman–Crippen LogP) is 3.36. The molecule has 1 aromatic heterocycles. The number of nitrogens with zero attached hydrogens (tertiary/aromatic N) is 1. The SMILES string of the molecule is CC(C)C(Sc1nc(C(F)(F)F)cc(=O)[nH]1)C(=O)NCc1ccccc1F. The first kappa shape index (κ1) is 20.9. The summed E-state index contributed by atoms with van der Waals surface area (Å²) in [6.07, 6.45) is -4.77. The molecule has 0 saturated heterocycles. The highest BCUT2D eigenvalue weighted by Gasteiger charge is 2.34. The Morgan fingerprint density at radius 1 is 1.30 bits per heavy atom. The van der Waals surface area contributed by atoms with Crippen LogP contribution in [0.5, 0.6) is 0 Å². The number of thioether (sulfide) groups is 1. The molecule has 10 heteroatoms. The van der Waals surface area contributed by atoms with Gasteiger partial charge in [-0.15, -0.1) is 0 Å². The van der Waals surface area contributed by atoms with E-state index in [2.05, 4.69) is 15.3 Å². The Labute approximate surface area is 156 Å². The lowest BCUT2D eigenvalue weighted by Crippen LogP contribution is -2.36. The van der Waals surface area contributed by atoms with E-state index in [-0.39, 0.29) is 23.2 Å². The summed E-state index contributed by atoms with van der Waals surface area (Å²) in [6, 6.07) is 6.26. The van der Waals surface area contributed by atoms with Gasteiger partial charge < -0.3 is 10.3 Å². The lowest BCUT2D eigenvalue weighted by atomic mass is 10.1. The molecule has 0 fully saturated rings. The average Bonchev–Trinajstić information content (AvgIpc) is 2.57. The van der Waals surface area contributed by atoms with Crippen LogP contribution in [0.3, 0.4) is 0 Å². The number of rotatable bonds is 6. The largest absolute Gasteiger partial charge is 0.433 e. The Morgan fingerprint density at radius 3 is 2.56 bits per heavy atom. The Hall–Kier alpha value is -2.36. The molecule has 0 radical (unpaired) electrons. The van der Waals surface area contributed by atoms with Gasteiger partial charge in [0.2, 0.25) is 5.91 Å². The summed E-state index contributed by atoms with van der Waals surface area (Å²) < 4.78 is 52.1. The van der Waals surface area contributed by atoms with E-state index < -0.39 is 34.4 Å². The topological polar surface area (TPSA) is 74.8 Å². The van der Waals surface area contributed by atoms with E-state index >= 15 is 0 Å². The summed E-state index contributed by atoms with van der Waals surface area (Å²) in [4.78, 5) is 29.5. The van der Waals surface area contributed by atoms with Gasteiger partial charge in [-0.2, -0.15) is 13.2 Å². The molecule has 5 nitrogen and oxygen atoms in total. The van der Waals surface area contributed by atoms with Crippen molar-refractivity contribution in [2.24, 2.45) is 5.92 Å². The number of benzene rings is 1. The van der Waals surface area contributed by atoms with Crippen LogP contribution in [0.4, 0.5) is 17.6 Å². The molecule has 2 aromatic rings. The fraction of sp³-hybridized carbons (Fsp3) is 0.353. The standard InChI is InChI=1S/C17H17F4N3O2S/c1-9(2)14(15(26)22-8-10-5-3-4-6-11(10)18)27-16-23-12(17(19,20)21)7-13(25)24-16/h3-7,9,14H,8H2,1-2H3,(H,22,26)(H,23,24,25). The highest BCUT2D eigenvalue weighted by Crippen LogP contribution is 2.30. The van der Waals surface area contributed by atoms with E-state index in [0.29, 0.717) is 17.8 Å². The third-order valence-electron chi connectivity index (χ3n) is 3.52. The summed E-state index contributed by atoms with van der Waals surface area (Å²) in [6.45, 7) is 3.33. The maximum atomic E-state index is 13.6. The molecule has 1 amide bonds. The van der Waals surface area contributed by atoms with E-state index in [0.717, 1.165) is 0 Å². The summed E-state index contributed by atoms with van der Waals surface area (Å²) in [7, 11) is 0. The Morgan fingerprint density at radius 2 is 1.96 bits per heavy atom. The highest BCUT2D eigenvalue weighted by molar-refractivity contribution is 8.00. The fourth-order valence-corrected chi connectivity index (χ4v) is 3.19. The summed E-state index contributed by atoms with van der Waals surface area (Å²) in [5.41, 5.74) is -2.01. The van der Waals surface area contributed by atoms with Gasteiger partial charge in [0.15, 0.2) is 10.9 Å². The maximum Gasteiger partial charge on any atom is 0.433 e. The number of H-pyrrole nitrogens is 1. The minimum Gasteiger partial charge on any atom is -0.351 e. The predicted molar refractivity (Wildman–Crippen MR) is 92.6 cm³/mol. The minimum atomic E-state index is -4.77. The molecule has 1 atom stereocenters. The molecule has 0 bridgehead atoms. The molecule has 1 aromatic carbocycles. The van der Waals surface area contributed by atoms with Gasteiger partial charge in [-0.25, -0.2) is 9.37 Å². The first-order valence-electron chi connectivity index (χ1n) is 7.94. The first-order chi connectivity index (χ1) is 12.6. The van der Waals surface area contributed by atoms with Crippen LogP contribution >= 0.6 is 11.8 Å². The molecule has 0 saturated carbocycles. The van der Waals surface area contributed by atoms with Gasteiger partial charge in [-0.05, 0) is 12.0 Å². The van der Waals surface area contributed by atoms with Gasteiger partial charge in [0, 0.05) is 18.2 Å². The monoisotopic (exact) mass is 403 g/mol. The normalized spacial score (nSPS) is 12.9.